The van der Waals surface area contributed by atoms with Gasteiger partial charge < -0.3 is 0 Å². The number of benzene rings is 3. The van der Waals surface area contributed by atoms with Crippen molar-refractivity contribution in [3.63, 3.8) is 0 Å². The molecule has 0 spiro atoms. The minimum Gasteiger partial charge on any atom is -0.286 e. The van der Waals surface area contributed by atoms with Crippen LogP contribution in [0.25, 0.3) is 0 Å². The SMILES string of the molecule is O=C(c1ccccc1)C(C(Sc1ccc(Cl)cc1)c1ccc(Cl)cc1)[N+](=O)[O-]. The number of hydrogen-bond donors (Lipinski definition) is 0. The highest BCUT2D eigenvalue weighted by atomic mass is 35.5. The summed E-state index contributed by atoms with van der Waals surface area (Å²) in [5.74, 6) is -0.535. The smallest absolute Gasteiger partial charge is 0.286 e. The molecule has 2 unspecified atom stereocenters. The average molecular weight is 432 g/mol. The first kappa shape index (κ1) is 20.4. The zero-order chi connectivity index (χ0) is 20.1. The molecule has 0 aliphatic carbocycles. The van der Waals surface area contributed by atoms with E-state index in [9.17, 15) is 14.9 Å². The number of halogens is 2. The fraction of sp³-hybridized carbons (Fsp3) is 0.0952. The molecule has 0 heterocycles. The van der Waals surface area contributed by atoms with Gasteiger partial charge in [-0.2, -0.15) is 0 Å². The van der Waals surface area contributed by atoms with Crippen molar-refractivity contribution in [2.45, 2.75) is 16.2 Å². The molecule has 0 aromatic heterocycles. The van der Waals surface area contributed by atoms with Crippen LogP contribution in [0.3, 0.4) is 0 Å². The number of hydrogen-bond acceptors (Lipinski definition) is 4. The summed E-state index contributed by atoms with van der Waals surface area (Å²) in [6.07, 6.45) is 0. The molecule has 0 saturated heterocycles. The van der Waals surface area contributed by atoms with Crippen LogP contribution in [0.5, 0.6) is 0 Å². The van der Waals surface area contributed by atoms with Gasteiger partial charge in [-0.1, -0.05) is 65.7 Å². The molecule has 3 rings (SSSR count). The summed E-state index contributed by atoms with van der Waals surface area (Å²) in [7, 11) is 0. The minimum atomic E-state index is -1.45. The van der Waals surface area contributed by atoms with E-state index in [1.807, 2.05) is 0 Å². The Kier molecular flexibility index (Phi) is 6.73. The van der Waals surface area contributed by atoms with Crippen molar-refractivity contribution in [2.24, 2.45) is 0 Å². The van der Waals surface area contributed by atoms with Crippen molar-refractivity contribution in [1.82, 2.24) is 0 Å². The van der Waals surface area contributed by atoms with E-state index in [-0.39, 0.29) is 0 Å². The van der Waals surface area contributed by atoms with Crippen molar-refractivity contribution in [3.8, 4) is 0 Å². The van der Waals surface area contributed by atoms with E-state index in [0.29, 0.717) is 21.2 Å². The van der Waals surface area contributed by atoms with Crippen LogP contribution < -0.4 is 0 Å². The van der Waals surface area contributed by atoms with Crippen molar-refractivity contribution < 1.29 is 9.72 Å². The zero-order valence-corrected chi connectivity index (χ0v) is 16.8. The predicted octanol–water partition coefficient (Wildman–Crippen LogP) is 6.36. The molecule has 0 radical (unpaired) electrons. The molecule has 0 fully saturated rings. The van der Waals surface area contributed by atoms with E-state index < -0.39 is 22.0 Å². The summed E-state index contributed by atoms with van der Waals surface area (Å²) >= 11 is 13.2. The van der Waals surface area contributed by atoms with Gasteiger partial charge in [-0.25, -0.2) is 0 Å². The molecule has 0 bridgehead atoms. The second-order valence-electron chi connectivity index (χ2n) is 6.00. The van der Waals surface area contributed by atoms with Crippen molar-refractivity contribution in [3.05, 3.63) is 110 Å². The number of thioether (sulfide) groups is 1. The Labute approximate surface area is 176 Å². The second-order valence-corrected chi connectivity index (χ2v) is 8.09. The van der Waals surface area contributed by atoms with Gasteiger partial charge in [0.15, 0.2) is 0 Å². The lowest BCUT2D eigenvalue weighted by atomic mass is 9.97. The highest BCUT2D eigenvalue weighted by Gasteiger charge is 2.40. The third-order valence-corrected chi connectivity index (χ3v) is 5.95. The van der Waals surface area contributed by atoms with Crippen molar-refractivity contribution in [1.29, 1.82) is 0 Å². The van der Waals surface area contributed by atoms with Gasteiger partial charge in [0, 0.05) is 25.4 Å². The van der Waals surface area contributed by atoms with Crippen LogP contribution in [0.1, 0.15) is 21.2 Å². The largest absolute Gasteiger partial charge is 0.290 e. The third kappa shape index (κ3) is 4.93. The van der Waals surface area contributed by atoms with Crippen molar-refractivity contribution in [2.75, 3.05) is 0 Å². The first-order chi connectivity index (χ1) is 13.5. The molecule has 0 aliphatic heterocycles. The van der Waals surface area contributed by atoms with E-state index in [4.69, 9.17) is 23.2 Å². The average Bonchev–Trinajstić information content (AvgIpc) is 2.70. The van der Waals surface area contributed by atoms with Gasteiger partial charge >= 0.3 is 0 Å². The highest BCUT2D eigenvalue weighted by Crippen LogP contribution is 2.40. The molecule has 3 aromatic carbocycles. The molecule has 4 nitrogen and oxygen atoms in total. The Balaban J connectivity index is 2.03. The first-order valence-corrected chi connectivity index (χ1v) is 9.99. The monoisotopic (exact) mass is 431 g/mol. The van der Waals surface area contributed by atoms with Crippen LogP contribution >= 0.6 is 35.0 Å². The maximum Gasteiger partial charge on any atom is 0.290 e. The summed E-state index contributed by atoms with van der Waals surface area (Å²) in [6.45, 7) is 0. The Morgan fingerprint density at radius 2 is 1.39 bits per heavy atom. The lowest BCUT2D eigenvalue weighted by Gasteiger charge is -2.20. The topological polar surface area (TPSA) is 60.2 Å². The molecular formula is C21H15Cl2NO3S. The van der Waals surface area contributed by atoms with Crippen LogP contribution in [0.4, 0.5) is 0 Å². The molecule has 0 saturated carbocycles. The Morgan fingerprint density at radius 3 is 1.93 bits per heavy atom. The summed E-state index contributed by atoms with van der Waals surface area (Å²) in [4.78, 5) is 25.2. The zero-order valence-electron chi connectivity index (χ0n) is 14.5. The molecule has 28 heavy (non-hydrogen) atoms. The molecule has 0 amide bonds. The molecule has 0 aliphatic rings. The fourth-order valence-corrected chi connectivity index (χ4v) is 4.23. The summed E-state index contributed by atoms with van der Waals surface area (Å²) in [5, 5.41) is 12.3. The number of rotatable bonds is 7. The standard InChI is InChI=1S/C21H15Cl2NO3S/c22-16-8-6-15(7-9-16)21(28-18-12-10-17(23)11-13-18)19(24(26)27)20(25)14-4-2-1-3-5-14/h1-13,19,21H. The van der Waals surface area contributed by atoms with Gasteiger partial charge in [0.2, 0.25) is 5.78 Å². The van der Waals surface area contributed by atoms with Gasteiger partial charge in [-0.15, -0.1) is 11.8 Å². The van der Waals surface area contributed by atoms with Gasteiger partial charge in [-0.05, 0) is 42.0 Å². The predicted molar refractivity (Wildman–Crippen MR) is 113 cm³/mol. The van der Waals surface area contributed by atoms with E-state index in [1.54, 1.807) is 78.9 Å². The van der Waals surface area contributed by atoms with Crippen molar-refractivity contribution >= 4 is 40.7 Å². The summed E-state index contributed by atoms with van der Waals surface area (Å²) in [6, 6.07) is 20.6. The van der Waals surface area contributed by atoms with E-state index in [0.717, 1.165) is 4.90 Å². The molecular weight excluding hydrogens is 417 g/mol. The molecule has 3 aromatic rings. The molecule has 7 heteroatoms. The lowest BCUT2D eigenvalue weighted by Crippen LogP contribution is -2.34. The summed E-state index contributed by atoms with van der Waals surface area (Å²) < 4.78 is 0. The number of nitro groups is 1. The number of nitrogens with zero attached hydrogens (tertiary/aromatic N) is 1. The van der Waals surface area contributed by atoms with Gasteiger partial charge in [-0.3, -0.25) is 14.9 Å². The van der Waals surface area contributed by atoms with Gasteiger partial charge in [0.25, 0.3) is 6.04 Å². The quantitative estimate of drug-likeness (QED) is 0.189. The molecule has 2 atom stereocenters. The minimum absolute atomic E-state index is 0.305. The maximum absolute atomic E-state index is 13.0. The third-order valence-electron chi connectivity index (χ3n) is 4.12. The Hall–Kier alpha value is -2.34. The summed E-state index contributed by atoms with van der Waals surface area (Å²) in [5.41, 5.74) is 0.954. The number of carbonyl (C=O) groups excluding carboxylic acids is 1. The van der Waals surface area contributed by atoms with E-state index in [1.165, 1.54) is 11.8 Å². The van der Waals surface area contributed by atoms with Crippen LogP contribution in [0.15, 0.2) is 83.8 Å². The molecule has 142 valence electrons. The highest BCUT2D eigenvalue weighted by molar-refractivity contribution is 7.99. The maximum atomic E-state index is 13.0. The van der Waals surface area contributed by atoms with Gasteiger partial charge in [0.05, 0.1) is 0 Å². The van der Waals surface area contributed by atoms with E-state index >= 15 is 0 Å². The van der Waals surface area contributed by atoms with Crippen LogP contribution in [-0.2, 0) is 0 Å². The second kappa shape index (κ2) is 9.24. The van der Waals surface area contributed by atoms with Crippen LogP contribution in [0, 0.1) is 10.1 Å². The Morgan fingerprint density at radius 1 is 0.857 bits per heavy atom. The first-order valence-electron chi connectivity index (χ1n) is 8.36. The van der Waals surface area contributed by atoms with Crippen LogP contribution in [-0.4, -0.2) is 16.7 Å². The van der Waals surface area contributed by atoms with E-state index in [2.05, 4.69) is 0 Å². The normalized spacial score (nSPS) is 12.9. The van der Waals surface area contributed by atoms with Crippen LogP contribution in [0.2, 0.25) is 10.0 Å². The number of Topliss-reactive ketones (excluding diaryl/α,β-unsaturated/α-hetero) is 1. The molecule has 0 N–H and O–H groups in total. The lowest BCUT2D eigenvalue weighted by molar-refractivity contribution is -0.505. The number of carbonyl (C=O) groups is 1. The number of ketones is 1. The fourth-order valence-electron chi connectivity index (χ4n) is 2.74. The van der Waals surface area contributed by atoms with Gasteiger partial charge in [0.1, 0.15) is 5.25 Å². The Bertz CT molecular complexity index is 963.